The maximum atomic E-state index is 9.75. The number of halogens is 4. The summed E-state index contributed by atoms with van der Waals surface area (Å²) in [5.74, 6) is 0. The van der Waals surface area contributed by atoms with Gasteiger partial charge in [-0.1, -0.05) is 6.92 Å². The quantitative estimate of drug-likeness (QED) is 0.489. The molecule has 1 aliphatic heterocycles. The lowest BCUT2D eigenvalue weighted by molar-refractivity contribution is 0.339. The van der Waals surface area contributed by atoms with E-state index in [1.807, 2.05) is 0 Å². The molecule has 0 radical (unpaired) electrons. The Balaban J connectivity index is 0.000000252. The van der Waals surface area contributed by atoms with Crippen LogP contribution in [0.1, 0.15) is 26.2 Å². The van der Waals surface area contributed by atoms with Crippen LogP contribution >= 0.6 is 0 Å². The van der Waals surface area contributed by atoms with Crippen LogP contribution in [-0.2, 0) is 0 Å². The highest BCUT2D eigenvalue weighted by Crippen LogP contribution is 2.07. The van der Waals surface area contributed by atoms with Crippen molar-refractivity contribution >= 4 is 7.25 Å². The molecule has 0 aromatic heterocycles. The molecule has 0 spiro atoms. The molecule has 13 heavy (non-hydrogen) atoms. The van der Waals surface area contributed by atoms with Gasteiger partial charge in [-0.25, -0.2) is 0 Å². The fourth-order valence-corrected chi connectivity index (χ4v) is 1.32. The summed E-state index contributed by atoms with van der Waals surface area (Å²) < 4.78 is 39.0. The van der Waals surface area contributed by atoms with E-state index in [0.29, 0.717) is 0 Å². The van der Waals surface area contributed by atoms with Gasteiger partial charge in [0.05, 0.1) is 0 Å². The second-order valence-electron chi connectivity index (χ2n) is 3.04. The van der Waals surface area contributed by atoms with Crippen LogP contribution in [0.15, 0.2) is 0 Å². The van der Waals surface area contributed by atoms with Crippen molar-refractivity contribution < 1.29 is 17.3 Å². The van der Waals surface area contributed by atoms with E-state index in [9.17, 15) is 17.3 Å². The molecule has 0 unspecified atom stereocenters. The Morgan fingerprint density at radius 1 is 1.08 bits per heavy atom. The molecule has 1 saturated heterocycles. The largest absolute Gasteiger partial charge is 0.673 e. The smallest absolute Gasteiger partial charge is 0.418 e. The molecular weight excluding hydrogens is 185 g/mol. The average Bonchev–Trinajstić information content (AvgIpc) is 2.36. The topological polar surface area (TPSA) is 3.24 Å². The van der Waals surface area contributed by atoms with Crippen LogP contribution in [0.2, 0.25) is 0 Å². The fraction of sp³-hybridized carbons (Fsp3) is 1.00. The van der Waals surface area contributed by atoms with Crippen molar-refractivity contribution in [1.29, 1.82) is 0 Å². The van der Waals surface area contributed by atoms with Gasteiger partial charge in [0.25, 0.3) is 0 Å². The molecule has 0 saturated carbocycles. The molecule has 1 heterocycles. The Hall–Kier alpha value is -0.255. The predicted octanol–water partition coefficient (Wildman–Crippen LogP) is 2.79. The second-order valence-corrected chi connectivity index (χ2v) is 3.04. The van der Waals surface area contributed by atoms with Crippen LogP contribution in [0, 0.1) is 0 Å². The summed E-state index contributed by atoms with van der Waals surface area (Å²) in [4.78, 5) is 2.54. The Bertz CT molecular complexity index is 116. The highest BCUT2D eigenvalue weighted by atomic mass is 19.5. The van der Waals surface area contributed by atoms with Crippen LogP contribution in [0.25, 0.3) is 0 Å². The van der Waals surface area contributed by atoms with E-state index in [4.69, 9.17) is 0 Å². The summed E-state index contributed by atoms with van der Waals surface area (Å²) in [5, 5.41) is 0. The lowest BCUT2D eigenvalue weighted by atomic mass is 10.3. The van der Waals surface area contributed by atoms with E-state index in [0.717, 1.165) is 0 Å². The second kappa shape index (κ2) is 6.24. The van der Waals surface area contributed by atoms with Gasteiger partial charge in [-0.05, 0) is 38.9 Å². The van der Waals surface area contributed by atoms with Crippen LogP contribution in [-0.4, -0.2) is 31.8 Å². The van der Waals surface area contributed by atoms with Crippen LogP contribution in [0.4, 0.5) is 17.3 Å². The number of hydrogen-bond donors (Lipinski definition) is 0. The van der Waals surface area contributed by atoms with Crippen LogP contribution < -0.4 is 0 Å². The standard InChI is InChI=1S/C7H15N.BF4/c1-2-5-8-6-3-4-7-8;2-1(3,4)5/h2-7H2,1H3;/q;-1. The normalized spacial score (nSPS) is 18.2. The minimum absolute atomic E-state index is 1.32. The summed E-state index contributed by atoms with van der Waals surface area (Å²) in [6.07, 6.45) is 4.18. The van der Waals surface area contributed by atoms with E-state index in [-0.39, 0.29) is 0 Å². The van der Waals surface area contributed by atoms with Gasteiger partial charge in [-0.2, -0.15) is 0 Å². The maximum Gasteiger partial charge on any atom is 0.673 e. The molecule has 0 aliphatic carbocycles. The third kappa shape index (κ3) is 11.7. The SMILES string of the molecule is CCCN1CCCC1.F[B-](F)(F)F. The Morgan fingerprint density at radius 2 is 1.46 bits per heavy atom. The third-order valence-electron chi connectivity index (χ3n) is 1.74. The molecular formula is C7H15BF4N-. The molecule has 0 N–H and O–H groups in total. The molecule has 0 amide bonds. The summed E-state index contributed by atoms with van der Waals surface area (Å²) in [6.45, 7) is 6.28. The van der Waals surface area contributed by atoms with Gasteiger partial charge in [0.1, 0.15) is 0 Å². The zero-order valence-corrected chi connectivity index (χ0v) is 7.78. The van der Waals surface area contributed by atoms with Crippen LogP contribution in [0.5, 0.6) is 0 Å². The van der Waals surface area contributed by atoms with Crippen molar-refractivity contribution in [3.8, 4) is 0 Å². The van der Waals surface area contributed by atoms with E-state index < -0.39 is 7.25 Å². The van der Waals surface area contributed by atoms with Gasteiger partial charge in [-0.3, -0.25) is 0 Å². The molecule has 6 heteroatoms. The fourth-order valence-electron chi connectivity index (χ4n) is 1.32. The van der Waals surface area contributed by atoms with Gasteiger partial charge in [-0.15, -0.1) is 0 Å². The molecule has 0 aromatic rings. The molecule has 80 valence electrons. The number of nitrogens with zero attached hydrogens (tertiary/aromatic N) is 1. The van der Waals surface area contributed by atoms with E-state index in [1.165, 1.54) is 38.9 Å². The zero-order valence-electron chi connectivity index (χ0n) is 7.78. The Kier molecular flexibility index (Phi) is 6.11. The van der Waals surface area contributed by atoms with Gasteiger partial charge < -0.3 is 22.2 Å². The van der Waals surface area contributed by atoms with Crippen molar-refractivity contribution in [1.82, 2.24) is 4.90 Å². The maximum absolute atomic E-state index is 9.75. The molecule has 1 rings (SSSR count). The van der Waals surface area contributed by atoms with Gasteiger partial charge in [0.2, 0.25) is 0 Å². The Labute approximate surface area is 76.2 Å². The molecule has 0 bridgehead atoms. The summed E-state index contributed by atoms with van der Waals surface area (Å²) >= 11 is 0. The molecule has 0 aromatic carbocycles. The van der Waals surface area contributed by atoms with Gasteiger partial charge in [0, 0.05) is 0 Å². The first kappa shape index (κ1) is 12.7. The lowest BCUT2D eigenvalue weighted by Crippen LogP contribution is -2.19. The minimum atomic E-state index is -6.00. The highest BCUT2D eigenvalue weighted by Gasteiger charge is 2.20. The van der Waals surface area contributed by atoms with Crippen molar-refractivity contribution in [3.63, 3.8) is 0 Å². The third-order valence-corrected chi connectivity index (χ3v) is 1.74. The van der Waals surface area contributed by atoms with Gasteiger partial charge in [0.15, 0.2) is 0 Å². The highest BCUT2D eigenvalue weighted by molar-refractivity contribution is 6.50. The number of rotatable bonds is 2. The van der Waals surface area contributed by atoms with Crippen molar-refractivity contribution in [2.45, 2.75) is 26.2 Å². The van der Waals surface area contributed by atoms with E-state index in [2.05, 4.69) is 11.8 Å². The lowest BCUT2D eigenvalue weighted by Gasteiger charge is -2.11. The van der Waals surface area contributed by atoms with E-state index >= 15 is 0 Å². The summed E-state index contributed by atoms with van der Waals surface area (Å²) in [7, 11) is -6.00. The van der Waals surface area contributed by atoms with E-state index in [1.54, 1.807) is 0 Å². The molecule has 0 atom stereocenters. The van der Waals surface area contributed by atoms with Crippen molar-refractivity contribution in [3.05, 3.63) is 0 Å². The van der Waals surface area contributed by atoms with Gasteiger partial charge >= 0.3 is 7.25 Å². The minimum Gasteiger partial charge on any atom is -0.418 e. The first-order valence-corrected chi connectivity index (χ1v) is 4.53. The molecule has 1 nitrogen and oxygen atoms in total. The van der Waals surface area contributed by atoms with Crippen molar-refractivity contribution in [2.24, 2.45) is 0 Å². The Morgan fingerprint density at radius 3 is 1.77 bits per heavy atom. The predicted molar refractivity (Wildman–Crippen MR) is 46.2 cm³/mol. The zero-order chi connectivity index (χ0) is 10.3. The van der Waals surface area contributed by atoms with Crippen LogP contribution in [0.3, 0.4) is 0 Å². The molecule has 1 fully saturated rings. The first-order valence-electron chi connectivity index (χ1n) is 4.53. The number of likely N-dealkylation sites (tertiary alicyclic amines) is 1. The average molecular weight is 200 g/mol. The van der Waals surface area contributed by atoms with Crippen molar-refractivity contribution in [2.75, 3.05) is 19.6 Å². The molecule has 1 aliphatic rings. The summed E-state index contributed by atoms with van der Waals surface area (Å²) in [6, 6.07) is 0. The summed E-state index contributed by atoms with van der Waals surface area (Å²) in [5.41, 5.74) is 0. The monoisotopic (exact) mass is 200 g/mol. The first-order chi connectivity index (χ1) is 5.93. The number of hydrogen-bond acceptors (Lipinski definition) is 1.